The number of hydrogen-bond donors (Lipinski definition) is 3. The van der Waals surface area contributed by atoms with Crippen molar-refractivity contribution in [1.29, 1.82) is 0 Å². The quantitative estimate of drug-likeness (QED) is 0.632. The number of aliphatic hydroxyl groups excluding tert-OH is 1. The topological polar surface area (TPSA) is 64.6 Å². The van der Waals surface area contributed by atoms with Gasteiger partial charge in [0.15, 0.2) is 0 Å². The molecule has 1 aliphatic heterocycles. The van der Waals surface area contributed by atoms with Gasteiger partial charge in [0.25, 0.3) is 0 Å². The Kier molecular flexibility index (Phi) is 7.92. The van der Waals surface area contributed by atoms with Crippen molar-refractivity contribution >= 4 is 6.03 Å². The second-order valence-corrected chi connectivity index (χ2v) is 6.39. The molecule has 1 aliphatic rings. The predicted molar refractivity (Wildman–Crippen MR) is 81.7 cm³/mol. The first-order chi connectivity index (χ1) is 9.52. The van der Waals surface area contributed by atoms with E-state index in [0.29, 0.717) is 24.4 Å². The van der Waals surface area contributed by atoms with Crippen molar-refractivity contribution in [3.8, 4) is 0 Å². The second kappa shape index (κ2) is 9.19. The highest BCUT2D eigenvalue weighted by Crippen LogP contribution is 2.17. The first-order valence-electron chi connectivity index (χ1n) is 7.89. The summed E-state index contributed by atoms with van der Waals surface area (Å²) >= 11 is 0. The van der Waals surface area contributed by atoms with E-state index < -0.39 is 0 Å². The van der Waals surface area contributed by atoms with Crippen LogP contribution in [0.15, 0.2) is 0 Å². The molecule has 0 spiro atoms. The highest BCUT2D eigenvalue weighted by atomic mass is 16.3. The van der Waals surface area contributed by atoms with E-state index in [1.165, 1.54) is 12.8 Å². The van der Waals surface area contributed by atoms with Crippen LogP contribution in [0.2, 0.25) is 0 Å². The molecule has 0 aromatic carbocycles. The molecule has 0 aliphatic carbocycles. The van der Waals surface area contributed by atoms with Crippen molar-refractivity contribution in [3.05, 3.63) is 0 Å². The molecule has 3 N–H and O–H groups in total. The highest BCUT2D eigenvalue weighted by molar-refractivity contribution is 5.73. The smallest absolute Gasteiger partial charge is 0.314 e. The van der Waals surface area contributed by atoms with Gasteiger partial charge in [-0.05, 0) is 37.6 Å². The number of carbonyl (C=O) groups excluding carboxylic acids is 1. The van der Waals surface area contributed by atoms with Crippen LogP contribution in [0.25, 0.3) is 0 Å². The Bertz CT molecular complexity index is 284. The number of amides is 2. The maximum atomic E-state index is 11.7. The Morgan fingerprint density at radius 2 is 2.10 bits per heavy atom. The summed E-state index contributed by atoms with van der Waals surface area (Å²) in [7, 11) is 0. The van der Waals surface area contributed by atoms with E-state index in [2.05, 4.69) is 29.4 Å². The van der Waals surface area contributed by atoms with E-state index in [-0.39, 0.29) is 12.6 Å². The van der Waals surface area contributed by atoms with Crippen LogP contribution >= 0.6 is 0 Å². The van der Waals surface area contributed by atoms with Crippen molar-refractivity contribution < 1.29 is 9.90 Å². The van der Waals surface area contributed by atoms with Gasteiger partial charge in [-0.15, -0.1) is 0 Å². The van der Waals surface area contributed by atoms with Crippen LogP contribution in [0.5, 0.6) is 0 Å². The molecular weight excluding hydrogens is 254 g/mol. The van der Waals surface area contributed by atoms with E-state index >= 15 is 0 Å². The molecule has 5 nitrogen and oxygen atoms in total. The average Bonchev–Trinajstić information content (AvgIpc) is 2.81. The summed E-state index contributed by atoms with van der Waals surface area (Å²) in [6, 6.07) is 0.393. The summed E-state index contributed by atoms with van der Waals surface area (Å²) < 4.78 is 0. The number of nitrogens with one attached hydrogen (secondary N) is 2. The van der Waals surface area contributed by atoms with Crippen LogP contribution in [0.1, 0.15) is 40.0 Å². The number of carbonyl (C=O) groups is 1. The molecule has 0 radical (unpaired) electrons. The molecule has 1 saturated heterocycles. The van der Waals surface area contributed by atoms with Gasteiger partial charge in [-0.3, -0.25) is 4.90 Å². The molecular formula is C15H31N3O2. The maximum absolute atomic E-state index is 11.7. The average molecular weight is 285 g/mol. The van der Waals surface area contributed by atoms with Gasteiger partial charge in [0.2, 0.25) is 0 Å². The van der Waals surface area contributed by atoms with Crippen molar-refractivity contribution in [2.24, 2.45) is 11.8 Å². The van der Waals surface area contributed by atoms with Crippen LogP contribution in [-0.4, -0.2) is 54.9 Å². The minimum absolute atomic E-state index is 0.0915. The third kappa shape index (κ3) is 6.57. The zero-order valence-electron chi connectivity index (χ0n) is 13.2. The number of nitrogens with zero attached hydrogens (tertiary/aromatic N) is 1. The third-order valence-corrected chi connectivity index (χ3v) is 3.83. The minimum atomic E-state index is -0.0915. The molecule has 20 heavy (non-hydrogen) atoms. The summed E-state index contributed by atoms with van der Waals surface area (Å²) in [5.74, 6) is 0.985. The Labute approximate surface area is 123 Å². The van der Waals surface area contributed by atoms with Crippen LogP contribution < -0.4 is 10.6 Å². The number of urea groups is 1. The van der Waals surface area contributed by atoms with E-state index in [4.69, 9.17) is 5.11 Å². The molecule has 0 saturated carbocycles. The molecule has 2 unspecified atom stereocenters. The maximum Gasteiger partial charge on any atom is 0.314 e. The van der Waals surface area contributed by atoms with Gasteiger partial charge in [0, 0.05) is 32.3 Å². The molecule has 1 rings (SSSR count). The predicted octanol–water partition coefficient (Wildman–Crippen LogP) is 1.42. The summed E-state index contributed by atoms with van der Waals surface area (Å²) in [6.07, 6.45) is 3.13. The largest absolute Gasteiger partial charge is 0.396 e. The zero-order chi connectivity index (χ0) is 15.0. The molecule has 0 aromatic heterocycles. The second-order valence-electron chi connectivity index (χ2n) is 6.39. The van der Waals surface area contributed by atoms with Crippen LogP contribution in [0.4, 0.5) is 4.79 Å². The monoisotopic (exact) mass is 285 g/mol. The molecule has 5 heteroatoms. The molecule has 2 atom stereocenters. The van der Waals surface area contributed by atoms with Gasteiger partial charge in [-0.25, -0.2) is 4.79 Å². The number of likely N-dealkylation sites (tertiary alicyclic amines) is 1. The SMILES string of the molecule is CC(C)CN1CCCC1CNC(=O)NCC(C)CCO. The first kappa shape index (κ1) is 17.2. The van der Waals surface area contributed by atoms with Gasteiger partial charge < -0.3 is 15.7 Å². The fourth-order valence-corrected chi connectivity index (χ4v) is 2.70. The fourth-order valence-electron chi connectivity index (χ4n) is 2.70. The first-order valence-corrected chi connectivity index (χ1v) is 7.89. The summed E-state index contributed by atoms with van der Waals surface area (Å²) in [5, 5.41) is 14.7. The van der Waals surface area contributed by atoms with E-state index in [1.54, 1.807) is 0 Å². The lowest BCUT2D eigenvalue weighted by Gasteiger charge is -2.26. The summed E-state index contributed by atoms with van der Waals surface area (Å²) in [6.45, 7) is 10.3. The van der Waals surface area contributed by atoms with Gasteiger partial charge in [-0.2, -0.15) is 0 Å². The fraction of sp³-hybridized carbons (Fsp3) is 0.933. The highest BCUT2D eigenvalue weighted by Gasteiger charge is 2.24. The molecule has 0 aromatic rings. The third-order valence-electron chi connectivity index (χ3n) is 3.83. The van der Waals surface area contributed by atoms with E-state index in [0.717, 1.165) is 26.1 Å². The molecule has 0 bridgehead atoms. The van der Waals surface area contributed by atoms with Crippen molar-refractivity contribution in [2.75, 3.05) is 32.8 Å². The molecule has 2 amide bonds. The number of aliphatic hydroxyl groups is 1. The van der Waals surface area contributed by atoms with Gasteiger partial charge >= 0.3 is 6.03 Å². The van der Waals surface area contributed by atoms with Crippen LogP contribution in [0.3, 0.4) is 0 Å². The lowest BCUT2D eigenvalue weighted by molar-refractivity contribution is 0.211. The lowest BCUT2D eigenvalue weighted by atomic mass is 10.1. The molecule has 1 fully saturated rings. The molecule has 118 valence electrons. The van der Waals surface area contributed by atoms with Gasteiger partial charge in [0.05, 0.1) is 0 Å². The Hall–Kier alpha value is -0.810. The normalized spacial score (nSPS) is 21.1. The number of rotatable bonds is 8. The molecule has 1 heterocycles. The van der Waals surface area contributed by atoms with E-state index in [9.17, 15) is 4.79 Å². The zero-order valence-corrected chi connectivity index (χ0v) is 13.2. The van der Waals surface area contributed by atoms with Gasteiger partial charge in [-0.1, -0.05) is 20.8 Å². The van der Waals surface area contributed by atoms with Crippen molar-refractivity contribution in [3.63, 3.8) is 0 Å². The Morgan fingerprint density at radius 3 is 2.75 bits per heavy atom. The van der Waals surface area contributed by atoms with Crippen LogP contribution in [-0.2, 0) is 0 Å². The Balaban J connectivity index is 2.19. The van der Waals surface area contributed by atoms with Crippen molar-refractivity contribution in [2.45, 2.75) is 46.1 Å². The summed E-state index contributed by atoms with van der Waals surface area (Å²) in [4.78, 5) is 14.2. The standard InChI is InChI=1S/C15H31N3O2/c1-12(2)11-18-7-4-5-14(18)10-17-15(20)16-9-13(3)6-8-19/h12-14,19H,4-11H2,1-3H3,(H2,16,17,20). The van der Waals surface area contributed by atoms with E-state index in [1.807, 2.05) is 6.92 Å². The van der Waals surface area contributed by atoms with Crippen molar-refractivity contribution in [1.82, 2.24) is 15.5 Å². The van der Waals surface area contributed by atoms with Gasteiger partial charge in [0.1, 0.15) is 0 Å². The lowest BCUT2D eigenvalue weighted by Crippen LogP contribution is -2.45. The summed E-state index contributed by atoms with van der Waals surface area (Å²) in [5.41, 5.74) is 0. The number of hydrogen-bond acceptors (Lipinski definition) is 3. The minimum Gasteiger partial charge on any atom is -0.396 e. The van der Waals surface area contributed by atoms with Crippen LogP contribution in [0, 0.1) is 11.8 Å². The Morgan fingerprint density at radius 1 is 1.35 bits per heavy atom.